The van der Waals surface area contributed by atoms with Gasteiger partial charge in [-0.2, -0.15) is 0 Å². The fourth-order valence-electron chi connectivity index (χ4n) is 3.30. The first-order chi connectivity index (χ1) is 17.5. The monoisotopic (exact) mass is 498 g/mol. The minimum atomic E-state index is -0.691. The summed E-state index contributed by atoms with van der Waals surface area (Å²) in [6, 6.07) is 15.0. The van der Waals surface area contributed by atoms with Crippen molar-refractivity contribution < 1.29 is 32.8 Å². The minimum absolute atomic E-state index is 0.0536. The first kappa shape index (κ1) is 26.9. The molecule has 0 amide bonds. The number of hydrogen-bond acceptors (Lipinski definition) is 8. The molecule has 0 aliphatic heterocycles. The fraction of sp³-hybridized carbons (Fsp3) is 0.370. The second-order valence-electron chi connectivity index (χ2n) is 7.79. The Bertz CT molecular complexity index is 1130. The molecule has 1 atom stereocenters. The van der Waals surface area contributed by atoms with Gasteiger partial charge in [-0.15, -0.1) is 0 Å². The van der Waals surface area contributed by atoms with Gasteiger partial charge in [0.15, 0.2) is 17.6 Å². The van der Waals surface area contributed by atoms with Crippen LogP contribution in [0.2, 0.25) is 0 Å². The van der Waals surface area contributed by atoms with E-state index < -0.39 is 12.1 Å². The number of esters is 1. The molecule has 1 aromatic heterocycles. The number of ether oxygens (including phenoxy) is 3. The Kier molecular flexibility index (Phi) is 10.4. The van der Waals surface area contributed by atoms with E-state index in [1.807, 2.05) is 32.0 Å². The highest BCUT2D eigenvalue weighted by Gasteiger charge is 2.21. The SMILES string of the molecule is CCCON=C(COc1cccc(CC(OCC)C(=O)OCC)c1)c1cc(-c2ccc(F)cc2)no1. The van der Waals surface area contributed by atoms with Gasteiger partial charge in [0.05, 0.1) is 6.61 Å². The molecule has 1 unspecified atom stereocenters. The van der Waals surface area contributed by atoms with E-state index in [1.54, 1.807) is 31.2 Å². The summed E-state index contributed by atoms with van der Waals surface area (Å²) < 4.78 is 35.4. The van der Waals surface area contributed by atoms with Crippen molar-refractivity contribution in [2.24, 2.45) is 5.16 Å². The van der Waals surface area contributed by atoms with Gasteiger partial charge in [0.2, 0.25) is 0 Å². The van der Waals surface area contributed by atoms with Gasteiger partial charge in [0.1, 0.15) is 30.5 Å². The summed E-state index contributed by atoms with van der Waals surface area (Å²) in [7, 11) is 0. The molecule has 0 N–H and O–H groups in total. The highest BCUT2D eigenvalue weighted by molar-refractivity contribution is 5.99. The van der Waals surface area contributed by atoms with Crippen molar-refractivity contribution >= 4 is 11.7 Å². The molecule has 0 aliphatic rings. The lowest BCUT2D eigenvalue weighted by atomic mass is 10.1. The van der Waals surface area contributed by atoms with Crippen LogP contribution in [-0.4, -0.2) is 49.4 Å². The number of benzene rings is 2. The van der Waals surface area contributed by atoms with Crippen LogP contribution in [0.25, 0.3) is 11.3 Å². The lowest BCUT2D eigenvalue weighted by molar-refractivity contribution is -0.156. The van der Waals surface area contributed by atoms with Gasteiger partial charge in [0, 0.05) is 24.7 Å². The van der Waals surface area contributed by atoms with Crippen LogP contribution >= 0.6 is 0 Å². The molecular formula is C27H31FN2O6. The molecule has 8 nitrogen and oxygen atoms in total. The van der Waals surface area contributed by atoms with Gasteiger partial charge < -0.3 is 23.6 Å². The molecule has 0 saturated heterocycles. The molecular weight excluding hydrogens is 467 g/mol. The summed E-state index contributed by atoms with van der Waals surface area (Å²) in [6.45, 7) is 6.74. The van der Waals surface area contributed by atoms with E-state index >= 15 is 0 Å². The summed E-state index contributed by atoms with van der Waals surface area (Å²) in [4.78, 5) is 17.6. The number of oxime groups is 1. The van der Waals surface area contributed by atoms with Crippen molar-refractivity contribution in [1.82, 2.24) is 5.16 Å². The maximum absolute atomic E-state index is 13.3. The molecule has 2 aromatic carbocycles. The van der Waals surface area contributed by atoms with E-state index in [0.29, 0.717) is 48.1 Å². The lowest BCUT2D eigenvalue weighted by Gasteiger charge is -2.16. The Labute approximate surface area is 210 Å². The molecule has 0 radical (unpaired) electrons. The summed E-state index contributed by atoms with van der Waals surface area (Å²) >= 11 is 0. The largest absolute Gasteiger partial charge is 0.487 e. The molecule has 0 spiro atoms. The fourth-order valence-corrected chi connectivity index (χ4v) is 3.30. The molecule has 192 valence electrons. The third-order valence-corrected chi connectivity index (χ3v) is 5.02. The second kappa shape index (κ2) is 14.0. The maximum atomic E-state index is 13.3. The highest BCUT2D eigenvalue weighted by Crippen LogP contribution is 2.21. The average Bonchev–Trinajstić information content (AvgIpc) is 3.37. The zero-order valence-electron chi connectivity index (χ0n) is 20.7. The molecule has 36 heavy (non-hydrogen) atoms. The number of aromatic nitrogens is 1. The van der Waals surface area contributed by atoms with Crippen molar-refractivity contribution in [3.8, 4) is 17.0 Å². The second-order valence-corrected chi connectivity index (χ2v) is 7.79. The van der Waals surface area contributed by atoms with Gasteiger partial charge in [-0.3, -0.25) is 0 Å². The molecule has 1 heterocycles. The Hall–Kier alpha value is -3.72. The highest BCUT2D eigenvalue weighted by atomic mass is 19.1. The number of carbonyl (C=O) groups is 1. The molecule has 0 saturated carbocycles. The van der Waals surface area contributed by atoms with Crippen LogP contribution in [0.1, 0.15) is 38.5 Å². The topological polar surface area (TPSA) is 92.4 Å². The van der Waals surface area contributed by atoms with E-state index in [-0.39, 0.29) is 19.0 Å². The van der Waals surface area contributed by atoms with Crippen molar-refractivity contribution in [2.75, 3.05) is 26.4 Å². The molecule has 0 fully saturated rings. The van der Waals surface area contributed by atoms with Crippen LogP contribution in [0.5, 0.6) is 5.75 Å². The summed E-state index contributed by atoms with van der Waals surface area (Å²) in [5.74, 6) is 0.229. The smallest absolute Gasteiger partial charge is 0.335 e. The van der Waals surface area contributed by atoms with Crippen molar-refractivity contribution in [3.05, 3.63) is 71.7 Å². The quantitative estimate of drug-likeness (QED) is 0.131. The Morgan fingerprint density at radius 1 is 1.08 bits per heavy atom. The van der Waals surface area contributed by atoms with Gasteiger partial charge in [-0.1, -0.05) is 29.4 Å². The van der Waals surface area contributed by atoms with Crippen LogP contribution in [0.15, 0.2) is 64.3 Å². The number of halogens is 1. The third kappa shape index (κ3) is 7.91. The molecule has 9 heteroatoms. The Morgan fingerprint density at radius 2 is 1.89 bits per heavy atom. The van der Waals surface area contributed by atoms with Crippen LogP contribution < -0.4 is 4.74 Å². The third-order valence-electron chi connectivity index (χ3n) is 5.02. The molecule has 3 aromatic rings. The predicted octanol–water partition coefficient (Wildman–Crippen LogP) is 5.20. The number of hydrogen-bond donors (Lipinski definition) is 0. The van der Waals surface area contributed by atoms with Crippen LogP contribution in [0.3, 0.4) is 0 Å². The molecule has 0 bridgehead atoms. The van der Waals surface area contributed by atoms with Gasteiger partial charge >= 0.3 is 5.97 Å². The van der Waals surface area contributed by atoms with Crippen molar-refractivity contribution in [3.63, 3.8) is 0 Å². The number of carbonyl (C=O) groups excluding carboxylic acids is 1. The van der Waals surface area contributed by atoms with Gasteiger partial charge in [-0.05, 0) is 62.2 Å². The molecule has 3 rings (SSSR count). The van der Waals surface area contributed by atoms with E-state index in [9.17, 15) is 9.18 Å². The first-order valence-corrected chi connectivity index (χ1v) is 12.0. The number of nitrogens with zero attached hydrogens (tertiary/aromatic N) is 2. The van der Waals surface area contributed by atoms with Crippen molar-refractivity contribution in [1.29, 1.82) is 0 Å². The average molecular weight is 499 g/mol. The maximum Gasteiger partial charge on any atom is 0.335 e. The summed E-state index contributed by atoms with van der Waals surface area (Å²) in [5.41, 5.74) is 2.52. The zero-order chi connectivity index (χ0) is 25.8. The summed E-state index contributed by atoms with van der Waals surface area (Å²) in [5, 5.41) is 8.24. The minimum Gasteiger partial charge on any atom is -0.487 e. The lowest BCUT2D eigenvalue weighted by Crippen LogP contribution is -2.29. The van der Waals surface area contributed by atoms with Crippen LogP contribution in [0, 0.1) is 5.82 Å². The van der Waals surface area contributed by atoms with E-state index in [4.69, 9.17) is 23.6 Å². The first-order valence-electron chi connectivity index (χ1n) is 12.0. The van der Waals surface area contributed by atoms with Crippen LogP contribution in [-0.2, 0) is 25.5 Å². The standard InChI is InChI=1S/C27H31FN2O6/c1-4-14-35-29-24(25-17-23(30-36-25)20-10-12-21(28)13-11-20)18-34-22-9-7-8-19(15-22)16-26(32-5-2)27(31)33-6-3/h7-13,15,17,26H,4-6,14,16,18H2,1-3H3. The van der Waals surface area contributed by atoms with E-state index in [2.05, 4.69) is 10.3 Å². The number of rotatable bonds is 14. The van der Waals surface area contributed by atoms with Crippen molar-refractivity contribution in [2.45, 2.75) is 39.7 Å². The van der Waals surface area contributed by atoms with E-state index in [1.165, 1.54) is 12.1 Å². The predicted molar refractivity (Wildman–Crippen MR) is 132 cm³/mol. The normalized spacial score (nSPS) is 12.3. The van der Waals surface area contributed by atoms with Gasteiger partial charge in [-0.25, -0.2) is 9.18 Å². The zero-order valence-corrected chi connectivity index (χ0v) is 20.7. The van der Waals surface area contributed by atoms with E-state index in [0.717, 1.165) is 12.0 Å². The Balaban J connectivity index is 1.72. The summed E-state index contributed by atoms with van der Waals surface area (Å²) in [6.07, 6.45) is 0.454. The van der Waals surface area contributed by atoms with Gasteiger partial charge in [0.25, 0.3) is 0 Å². The molecule has 0 aliphatic carbocycles. The Morgan fingerprint density at radius 3 is 2.61 bits per heavy atom. The van der Waals surface area contributed by atoms with Crippen LogP contribution in [0.4, 0.5) is 4.39 Å².